The number of rotatable bonds is 5. The summed E-state index contributed by atoms with van der Waals surface area (Å²) in [6.45, 7) is 5.49. The van der Waals surface area contributed by atoms with Gasteiger partial charge in [0.1, 0.15) is 0 Å². The zero-order valence-corrected chi connectivity index (χ0v) is 9.21. The summed E-state index contributed by atoms with van der Waals surface area (Å²) in [5, 5.41) is 5.93. The van der Waals surface area contributed by atoms with Gasteiger partial charge in [0.2, 0.25) is 5.91 Å². The lowest BCUT2D eigenvalue weighted by Crippen LogP contribution is -2.21. The molecule has 4 heteroatoms. The van der Waals surface area contributed by atoms with Crippen LogP contribution in [0.15, 0.2) is 18.3 Å². The van der Waals surface area contributed by atoms with E-state index in [1.807, 2.05) is 26.0 Å². The van der Waals surface area contributed by atoms with Crippen LogP contribution < -0.4 is 10.6 Å². The summed E-state index contributed by atoms with van der Waals surface area (Å²) in [5.74, 6) is 0.0204. The smallest absolute Gasteiger partial charge is 0.225 e. The molecule has 0 aliphatic carbocycles. The molecule has 0 saturated carbocycles. The number of aryl methyl sites for hydroxylation is 1. The van der Waals surface area contributed by atoms with Crippen LogP contribution in [0.25, 0.3) is 0 Å². The maximum atomic E-state index is 11.5. The van der Waals surface area contributed by atoms with E-state index in [0.29, 0.717) is 13.0 Å². The number of nitrogens with one attached hydrogen (secondary N) is 2. The highest BCUT2D eigenvalue weighted by molar-refractivity contribution is 5.91. The average molecular weight is 207 g/mol. The van der Waals surface area contributed by atoms with E-state index in [2.05, 4.69) is 15.6 Å². The molecular weight excluding hydrogens is 190 g/mol. The van der Waals surface area contributed by atoms with Gasteiger partial charge < -0.3 is 10.6 Å². The molecule has 0 aliphatic heterocycles. The van der Waals surface area contributed by atoms with Crippen molar-refractivity contribution in [3.63, 3.8) is 0 Å². The molecule has 0 radical (unpaired) electrons. The maximum absolute atomic E-state index is 11.5. The van der Waals surface area contributed by atoms with Crippen molar-refractivity contribution in [1.82, 2.24) is 10.3 Å². The molecule has 1 rings (SSSR count). The largest absolute Gasteiger partial charge is 0.324 e. The van der Waals surface area contributed by atoms with Gasteiger partial charge in [0.15, 0.2) is 0 Å². The SMILES string of the molecule is CCNCCC(=O)Nc1cccnc1C. The van der Waals surface area contributed by atoms with Gasteiger partial charge in [-0.05, 0) is 25.6 Å². The monoisotopic (exact) mass is 207 g/mol. The summed E-state index contributed by atoms with van der Waals surface area (Å²) in [6, 6.07) is 3.67. The summed E-state index contributed by atoms with van der Waals surface area (Å²) in [4.78, 5) is 15.6. The Morgan fingerprint density at radius 3 is 3.00 bits per heavy atom. The fraction of sp³-hybridized carbons (Fsp3) is 0.455. The average Bonchev–Trinajstić information content (AvgIpc) is 2.22. The highest BCUT2D eigenvalue weighted by atomic mass is 16.1. The number of carbonyl (C=O) groups excluding carboxylic acids is 1. The van der Waals surface area contributed by atoms with E-state index in [1.165, 1.54) is 0 Å². The van der Waals surface area contributed by atoms with E-state index < -0.39 is 0 Å². The molecule has 15 heavy (non-hydrogen) atoms. The second-order valence-electron chi connectivity index (χ2n) is 3.29. The third-order valence-electron chi connectivity index (χ3n) is 2.06. The van der Waals surface area contributed by atoms with Gasteiger partial charge in [-0.25, -0.2) is 0 Å². The predicted octanol–water partition coefficient (Wildman–Crippen LogP) is 1.33. The summed E-state index contributed by atoms with van der Waals surface area (Å²) >= 11 is 0. The number of pyridine rings is 1. The van der Waals surface area contributed by atoms with Crippen molar-refractivity contribution in [2.45, 2.75) is 20.3 Å². The second-order valence-corrected chi connectivity index (χ2v) is 3.29. The summed E-state index contributed by atoms with van der Waals surface area (Å²) in [7, 11) is 0. The van der Waals surface area contributed by atoms with Crippen LogP contribution in [-0.2, 0) is 4.79 Å². The van der Waals surface area contributed by atoms with E-state index in [9.17, 15) is 4.79 Å². The molecule has 0 aliphatic rings. The molecule has 1 aromatic rings. The first kappa shape index (κ1) is 11.7. The van der Waals surface area contributed by atoms with Gasteiger partial charge in [-0.3, -0.25) is 9.78 Å². The molecule has 0 bridgehead atoms. The molecule has 82 valence electrons. The minimum Gasteiger partial charge on any atom is -0.324 e. The number of hydrogen-bond donors (Lipinski definition) is 2. The van der Waals surface area contributed by atoms with Crippen LogP contribution in [-0.4, -0.2) is 24.0 Å². The summed E-state index contributed by atoms with van der Waals surface area (Å²) in [6.07, 6.45) is 2.20. The van der Waals surface area contributed by atoms with Gasteiger partial charge in [-0.15, -0.1) is 0 Å². The first-order valence-corrected chi connectivity index (χ1v) is 5.16. The first-order valence-electron chi connectivity index (χ1n) is 5.16. The van der Waals surface area contributed by atoms with Crippen molar-refractivity contribution in [2.75, 3.05) is 18.4 Å². The van der Waals surface area contributed by atoms with Gasteiger partial charge in [0.05, 0.1) is 11.4 Å². The Hall–Kier alpha value is -1.42. The van der Waals surface area contributed by atoms with Crippen molar-refractivity contribution in [1.29, 1.82) is 0 Å². The molecule has 0 atom stereocenters. The molecule has 0 spiro atoms. The van der Waals surface area contributed by atoms with Crippen LogP contribution in [0.3, 0.4) is 0 Å². The lowest BCUT2D eigenvalue weighted by Gasteiger charge is -2.07. The van der Waals surface area contributed by atoms with Crippen LogP contribution in [0, 0.1) is 6.92 Å². The Kier molecular flexibility index (Phi) is 4.77. The predicted molar refractivity (Wildman–Crippen MR) is 60.8 cm³/mol. The lowest BCUT2D eigenvalue weighted by atomic mass is 10.3. The topological polar surface area (TPSA) is 54.0 Å². The third kappa shape index (κ3) is 4.08. The van der Waals surface area contributed by atoms with Gasteiger partial charge in [-0.1, -0.05) is 6.92 Å². The molecule has 1 amide bonds. The number of aromatic nitrogens is 1. The van der Waals surface area contributed by atoms with E-state index in [0.717, 1.165) is 17.9 Å². The van der Waals surface area contributed by atoms with E-state index >= 15 is 0 Å². The number of amides is 1. The summed E-state index contributed by atoms with van der Waals surface area (Å²) in [5.41, 5.74) is 1.63. The van der Waals surface area contributed by atoms with E-state index in [1.54, 1.807) is 6.20 Å². The van der Waals surface area contributed by atoms with Crippen molar-refractivity contribution in [3.05, 3.63) is 24.0 Å². The maximum Gasteiger partial charge on any atom is 0.225 e. The Bertz CT molecular complexity index is 325. The van der Waals surface area contributed by atoms with Crippen LogP contribution in [0.5, 0.6) is 0 Å². The third-order valence-corrected chi connectivity index (χ3v) is 2.06. The van der Waals surface area contributed by atoms with Gasteiger partial charge >= 0.3 is 0 Å². The number of anilines is 1. The minimum atomic E-state index is 0.0204. The Morgan fingerprint density at radius 1 is 1.53 bits per heavy atom. The normalized spacial score (nSPS) is 10.0. The van der Waals surface area contributed by atoms with Crippen molar-refractivity contribution >= 4 is 11.6 Å². The van der Waals surface area contributed by atoms with Crippen LogP contribution in [0.4, 0.5) is 5.69 Å². The highest BCUT2D eigenvalue weighted by Gasteiger charge is 2.03. The summed E-state index contributed by atoms with van der Waals surface area (Å²) < 4.78 is 0. The fourth-order valence-electron chi connectivity index (χ4n) is 1.21. The molecule has 1 aromatic heterocycles. The molecule has 1 heterocycles. The van der Waals surface area contributed by atoms with Crippen LogP contribution >= 0.6 is 0 Å². The standard InChI is InChI=1S/C11H17N3O/c1-3-12-8-6-11(15)14-10-5-4-7-13-9(10)2/h4-5,7,12H,3,6,8H2,1-2H3,(H,14,15). The molecule has 0 aromatic carbocycles. The Balaban J connectivity index is 2.41. The molecule has 2 N–H and O–H groups in total. The zero-order valence-electron chi connectivity index (χ0n) is 9.21. The number of hydrogen-bond acceptors (Lipinski definition) is 3. The van der Waals surface area contributed by atoms with Crippen molar-refractivity contribution in [2.24, 2.45) is 0 Å². The lowest BCUT2D eigenvalue weighted by molar-refractivity contribution is -0.116. The van der Waals surface area contributed by atoms with Gasteiger partial charge in [-0.2, -0.15) is 0 Å². The fourth-order valence-corrected chi connectivity index (χ4v) is 1.21. The van der Waals surface area contributed by atoms with Crippen LogP contribution in [0.1, 0.15) is 19.0 Å². The van der Waals surface area contributed by atoms with Crippen molar-refractivity contribution < 1.29 is 4.79 Å². The molecule has 0 unspecified atom stereocenters. The van der Waals surface area contributed by atoms with E-state index in [-0.39, 0.29) is 5.91 Å². The molecule has 4 nitrogen and oxygen atoms in total. The molecule has 0 fully saturated rings. The highest BCUT2D eigenvalue weighted by Crippen LogP contribution is 2.10. The number of carbonyl (C=O) groups is 1. The zero-order chi connectivity index (χ0) is 11.1. The van der Waals surface area contributed by atoms with Gasteiger partial charge in [0.25, 0.3) is 0 Å². The van der Waals surface area contributed by atoms with E-state index in [4.69, 9.17) is 0 Å². The number of nitrogens with zero attached hydrogens (tertiary/aromatic N) is 1. The quantitative estimate of drug-likeness (QED) is 0.716. The minimum absolute atomic E-state index is 0.0204. The molecular formula is C11H17N3O. The van der Waals surface area contributed by atoms with Crippen molar-refractivity contribution in [3.8, 4) is 0 Å². The Morgan fingerprint density at radius 2 is 2.33 bits per heavy atom. The first-order chi connectivity index (χ1) is 7.24. The van der Waals surface area contributed by atoms with Crippen LogP contribution in [0.2, 0.25) is 0 Å². The van der Waals surface area contributed by atoms with Gasteiger partial charge in [0, 0.05) is 19.2 Å². The second kappa shape index (κ2) is 6.14. The molecule has 0 saturated heterocycles. The Labute approximate surface area is 90.1 Å².